The molecule has 0 amide bonds. The highest BCUT2D eigenvalue weighted by Gasteiger charge is 2.23. The molecule has 0 unspecified atom stereocenters. The molecule has 1 aliphatic carbocycles. The maximum Gasteiger partial charge on any atom is 0.263 e. The number of para-hydroxylation sites is 2. The third-order valence-corrected chi connectivity index (χ3v) is 7.64. The maximum absolute atomic E-state index is 13.2. The zero-order valence-electron chi connectivity index (χ0n) is 17.1. The number of nitrogens with one attached hydrogen (secondary N) is 1. The Balaban J connectivity index is 1.51. The highest BCUT2D eigenvalue weighted by molar-refractivity contribution is 7.99. The monoisotopic (exact) mass is 461 g/mol. The van der Waals surface area contributed by atoms with Gasteiger partial charge in [-0.25, -0.2) is 9.97 Å². The predicted octanol–water partition coefficient (Wildman–Crippen LogP) is 4.59. The van der Waals surface area contributed by atoms with E-state index < -0.39 is 0 Å². The molecule has 0 bridgehead atoms. The zero-order chi connectivity index (χ0) is 22.2. The second-order valence-corrected chi connectivity index (χ2v) is 9.49. The molecule has 3 aromatic heterocycles. The molecule has 0 atom stereocenters. The first-order chi connectivity index (χ1) is 15.6. The molecule has 32 heavy (non-hydrogen) atoms. The first-order valence-corrected chi connectivity index (χ1v) is 12.0. The van der Waals surface area contributed by atoms with Gasteiger partial charge in [-0.3, -0.25) is 9.36 Å². The van der Waals surface area contributed by atoms with E-state index in [4.69, 9.17) is 4.98 Å². The molecule has 4 aromatic rings. The number of H-pyrrole nitrogens is 1. The Bertz CT molecular complexity index is 1470. The minimum atomic E-state index is -0.121. The number of hydrogen-bond donors (Lipinski definition) is 2. The van der Waals surface area contributed by atoms with Gasteiger partial charge in [-0.15, -0.1) is 17.9 Å². The van der Waals surface area contributed by atoms with E-state index in [1.807, 2.05) is 30.3 Å². The Morgan fingerprint density at radius 2 is 2.22 bits per heavy atom. The van der Waals surface area contributed by atoms with Crippen LogP contribution in [0.1, 0.15) is 22.7 Å². The largest absolute Gasteiger partial charge is 0.510 e. The summed E-state index contributed by atoms with van der Waals surface area (Å²) in [7, 11) is 0. The Kier molecular flexibility index (Phi) is 5.33. The fraction of sp³-hybridized carbons (Fsp3) is 0.217. The smallest absolute Gasteiger partial charge is 0.263 e. The van der Waals surface area contributed by atoms with Crippen LogP contribution in [-0.4, -0.2) is 30.4 Å². The molecular formula is C23H19N5O2S2. The summed E-state index contributed by atoms with van der Waals surface area (Å²) in [4.78, 5) is 27.4. The highest BCUT2D eigenvalue weighted by Crippen LogP contribution is 2.36. The number of hydrogen-bond acceptors (Lipinski definition) is 7. The van der Waals surface area contributed by atoms with Crippen LogP contribution in [0.15, 0.2) is 52.6 Å². The number of thioether (sulfide) groups is 1. The van der Waals surface area contributed by atoms with E-state index in [1.54, 1.807) is 22.0 Å². The average molecular weight is 462 g/mol. The molecule has 0 radical (unpaired) electrons. The van der Waals surface area contributed by atoms with Gasteiger partial charge in [0, 0.05) is 11.4 Å². The number of imidazole rings is 1. The Hall–Kier alpha value is -3.35. The summed E-state index contributed by atoms with van der Waals surface area (Å²) in [5, 5.41) is 21.5. The van der Waals surface area contributed by atoms with Crippen LogP contribution in [-0.2, 0) is 19.4 Å². The van der Waals surface area contributed by atoms with Crippen molar-refractivity contribution in [1.29, 1.82) is 5.26 Å². The van der Waals surface area contributed by atoms with Crippen molar-refractivity contribution in [2.75, 3.05) is 5.75 Å². The van der Waals surface area contributed by atoms with Crippen LogP contribution in [0, 0.1) is 11.3 Å². The molecule has 0 saturated heterocycles. The average Bonchev–Trinajstić information content (AvgIpc) is 3.49. The second-order valence-electron chi connectivity index (χ2n) is 7.46. The minimum Gasteiger partial charge on any atom is -0.510 e. The summed E-state index contributed by atoms with van der Waals surface area (Å²) in [6, 6.07) is 9.47. The van der Waals surface area contributed by atoms with E-state index in [0.29, 0.717) is 28.4 Å². The molecular weight excluding hydrogens is 442 g/mol. The fourth-order valence-electron chi connectivity index (χ4n) is 3.99. The Morgan fingerprint density at radius 1 is 1.38 bits per heavy atom. The minimum absolute atomic E-state index is 0.0712. The first kappa shape index (κ1) is 20.5. The molecule has 1 aromatic carbocycles. The van der Waals surface area contributed by atoms with E-state index in [-0.39, 0.29) is 22.6 Å². The highest BCUT2D eigenvalue weighted by atomic mass is 32.2. The van der Waals surface area contributed by atoms with E-state index in [1.165, 1.54) is 16.6 Å². The van der Waals surface area contributed by atoms with Crippen LogP contribution in [0.5, 0.6) is 0 Å². The number of nitriles is 1. The standard InChI is InChI=1S/C23H19N5O2S2/c1-2-10-28-22(30)19-13-6-5-9-18(13)32-21(19)27-23(28)31-12-17(29)14(11-24)20-25-15-7-3-4-8-16(15)26-20/h2-4,7-8,29H,1,5-6,9-10,12H2,(H,25,26). The molecule has 1 aliphatic rings. The summed E-state index contributed by atoms with van der Waals surface area (Å²) in [5.74, 6) is 0.276. The number of aromatic nitrogens is 4. The van der Waals surface area contributed by atoms with Crippen molar-refractivity contribution >= 4 is 49.9 Å². The summed E-state index contributed by atoms with van der Waals surface area (Å²) in [6.45, 7) is 4.09. The molecule has 0 fully saturated rings. The Morgan fingerprint density at radius 3 is 3.00 bits per heavy atom. The van der Waals surface area contributed by atoms with Crippen LogP contribution >= 0.6 is 23.1 Å². The number of aliphatic hydroxyl groups excluding tert-OH is 1. The molecule has 2 N–H and O–H groups in total. The van der Waals surface area contributed by atoms with Crippen molar-refractivity contribution in [3.8, 4) is 6.07 Å². The van der Waals surface area contributed by atoms with Crippen molar-refractivity contribution in [1.82, 2.24) is 19.5 Å². The number of aliphatic hydroxyl groups is 1. The first-order valence-electron chi connectivity index (χ1n) is 10.2. The van der Waals surface area contributed by atoms with Gasteiger partial charge in [-0.1, -0.05) is 30.0 Å². The van der Waals surface area contributed by atoms with Crippen LogP contribution in [0.4, 0.5) is 0 Å². The summed E-state index contributed by atoms with van der Waals surface area (Å²) >= 11 is 2.80. The number of rotatable bonds is 6. The van der Waals surface area contributed by atoms with E-state index in [0.717, 1.165) is 35.2 Å². The van der Waals surface area contributed by atoms with Gasteiger partial charge in [0.2, 0.25) is 0 Å². The number of aromatic amines is 1. The van der Waals surface area contributed by atoms with Gasteiger partial charge >= 0.3 is 0 Å². The number of aryl methyl sites for hydroxylation is 2. The van der Waals surface area contributed by atoms with E-state index in [2.05, 4.69) is 16.5 Å². The molecule has 3 heterocycles. The topological polar surface area (TPSA) is 108 Å². The maximum atomic E-state index is 13.2. The van der Waals surface area contributed by atoms with Crippen LogP contribution in [0.3, 0.4) is 0 Å². The number of fused-ring (bicyclic) bond motifs is 4. The lowest BCUT2D eigenvalue weighted by Gasteiger charge is -2.10. The molecule has 160 valence electrons. The van der Waals surface area contributed by atoms with Gasteiger partial charge in [0.25, 0.3) is 5.56 Å². The van der Waals surface area contributed by atoms with Crippen molar-refractivity contribution in [3.63, 3.8) is 0 Å². The zero-order valence-corrected chi connectivity index (χ0v) is 18.7. The van der Waals surface area contributed by atoms with E-state index >= 15 is 0 Å². The van der Waals surface area contributed by atoms with Gasteiger partial charge in [0.15, 0.2) is 11.0 Å². The van der Waals surface area contributed by atoms with Crippen molar-refractivity contribution in [3.05, 3.63) is 69.3 Å². The van der Waals surface area contributed by atoms with Gasteiger partial charge < -0.3 is 10.1 Å². The quantitative estimate of drug-likeness (QED) is 0.143. The van der Waals surface area contributed by atoms with Gasteiger partial charge in [-0.2, -0.15) is 5.26 Å². The van der Waals surface area contributed by atoms with Crippen molar-refractivity contribution in [2.45, 2.75) is 31.0 Å². The molecule has 9 heteroatoms. The van der Waals surface area contributed by atoms with Crippen molar-refractivity contribution in [2.24, 2.45) is 0 Å². The van der Waals surface area contributed by atoms with Crippen LogP contribution < -0.4 is 5.56 Å². The Labute approximate surface area is 191 Å². The number of nitrogens with zero attached hydrogens (tertiary/aromatic N) is 4. The molecule has 0 aliphatic heterocycles. The normalized spacial score (nSPS) is 13.8. The summed E-state index contributed by atoms with van der Waals surface area (Å²) in [5.41, 5.74) is 2.64. The lowest BCUT2D eigenvalue weighted by molar-refractivity contribution is 0.420. The predicted molar refractivity (Wildman–Crippen MR) is 128 cm³/mol. The van der Waals surface area contributed by atoms with Crippen LogP contribution in [0.25, 0.3) is 26.8 Å². The van der Waals surface area contributed by atoms with Crippen molar-refractivity contribution < 1.29 is 5.11 Å². The SMILES string of the molecule is C=CCn1c(SCC(O)=C(C#N)c2nc3ccccc3[nH]2)nc2sc3c(c2c1=O)CCC3. The molecule has 5 rings (SSSR count). The molecule has 0 spiro atoms. The number of thiophene rings is 1. The lowest BCUT2D eigenvalue weighted by atomic mass is 10.2. The fourth-order valence-corrected chi connectivity index (χ4v) is 6.18. The van der Waals surface area contributed by atoms with Crippen LogP contribution in [0.2, 0.25) is 0 Å². The molecule has 7 nitrogen and oxygen atoms in total. The molecule has 0 saturated carbocycles. The van der Waals surface area contributed by atoms with E-state index in [9.17, 15) is 15.2 Å². The summed E-state index contributed by atoms with van der Waals surface area (Å²) < 4.78 is 1.59. The van der Waals surface area contributed by atoms with Gasteiger partial charge in [-0.05, 0) is 37.0 Å². The number of benzene rings is 1. The number of allylic oxidation sites excluding steroid dienone is 2. The summed E-state index contributed by atoms with van der Waals surface area (Å²) in [6.07, 6.45) is 4.65. The second kappa shape index (κ2) is 8.30. The van der Waals surface area contributed by atoms with Gasteiger partial charge in [0.05, 0.1) is 22.2 Å². The third-order valence-electron chi connectivity index (χ3n) is 5.47. The lowest BCUT2D eigenvalue weighted by Crippen LogP contribution is -2.23. The third kappa shape index (κ3) is 3.42. The van der Waals surface area contributed by atoms with Gasteiger partial charge in [0.1, 0.15) is 22.2 Å².